The van der Waals surface area contributed by atoms with E-state index in [2.05, 4.69) is 10.6 Å². The monoisotopic (exact) mass is 290 g/mol. The Hall–Kier alpha value is -2.27. The Balaban J connectivity index is 2.33. The Bertz CT molecular complexity index is 638. The molecule has 0 bridgehead atoms. The number of carbonyl (C=O) groups is 1. The molecule has 2 N–H and O–H groups in total. The Morgan fingerprint density at radius 3 is 2.29 bits per heavy atom. The second-order valence-electron chi connectivity index (χ2n) is 4.65. The van der Waals surface area contributed by atoms with Crippen molar-refractivity contribution < 1.29 is 13.6 Å². The van der Waals surface area contributed by atoms with Crippen LogP contribution < -0.4 is 10.6 Å². The zero-order chi connectivity index (χ0) is 15.4. The summed E-state index contributed by atoms with van der Waals surface area (Å²) in [6.07, 6.45) is 0. The number of hydrogen-bond acceptors (Lipinski definition) is 2. The number of para-hydroxylation sites is 1. The van der Waals surface area contributed by atoms with Crippen LogP contribution >= 0.6 is 0 Å². The highest BCUT2D eigenvalue weighted by molar-refractivity contribution is 6.05. The lowest BCUT2D eigenvalue weighted by molar-refractivity contribution is 0.101. The summed E-state index contributed by atoms with van der Waals surface area (Å²) < 4.78 is 27.2. The molecule has 0 aliphatic heterocycles. The fourth-order valence-electron chi connectivity index (χ4n) is 2.04. The minimum absolute atomic E-state index is 0.00744. The van der Waals surface area contributed by atoms with E-state index in [4.69, 9.17) is 0 Å². The van der Waals surface area contributed by atoms with Crippen molar-refractivity contribution in [1.82, 2.24) is 5.32 Å². The van der Waals surface area contributed by atoms with Crippen molar-refractivity contribution in [2.24, 2.45) is 0 Å². The number of hydrogen-bond donors (Lipinski definition) is 2. The summed E-state index contributed by atoms with van der Waals surface area (Å²) >= 11 is 0. The number of halogens is 2. The van der Waals surface area contributed by atoms with Gasteiger partial charge in [0, 0.05) is 11.7 Å². The molecular formula is C16H16F2N2O. The fourth-order valence-corrected chi connectivity index (χ4v) is 2.04. The molecule has 0 aliphatic carbocycles. The van der Waals surface area contributed by atoms with Gasteiger partial charge in [-0.25, -0.2) is 8.78 Å². The maximum atomic E-state index is 13.6. The lowest BCUT2D eigenvalue weighted by Gasteiger charge is -2.16. The van der Waals surface area contributed by atoms with Crippen molar-refractivity contribution >= 4 is 11.6 Å². The largest absolute Gasteiger partial charge is 0.321 e. The first-order valence-corrected chi connectivity index (χ1v) is 6.56. The van der Waals surface area contributed by atoms with E-state index in [0.717, 1.165) is 17.7 Å². The average molecular weight is 290 g/mol. The van der Waals surface area contributed by atoms with Crippen LogP contribution in [0.15, 0.2) is 42.5 Å². The van der Waals surface area contributed by atoms with Crippen LogP contribution in [0.25, 0.3) is 0 Å². The summed E-state index contributed by atoms with van der Waals surface area (Å²) in [5.41, 5.74) is 0.779. The highest BCUT2D eigenvalue weighted by Crippen LogP contribution is 2.23. The zero-order valence-corrected chi connectivity index (χ0v) is 11.8. The van der Waals surface area contributed by atoms with Gasteiger partial charge in [0.15, 0.2) is 0 Å². The van der Waals surface area contributed by atoms with Crippen LogP contribution in [0, 0.1) is 11.6 Å². The molecule has 0 aliphatic rings. The summed E-state index contributed by atoms with van der Waals surface area (Å²) in [5.74, 6) is -2.57. The third-order valence-corrected chi connectivity index (χ3v) is 3.30. The van der Waals surface area contributed by atoms with Crippen LogP contribution in [-0.2, 0) is 0 Å². The van der Waals surface area contributed by atoms with E-state index >= 15 is 0 Å². The van der Waals surface area contributed by atoms with Gasteiger partial charge in [0.05, 0.1) is 0 Å². The molecular weight excluding hydrogens is 274 g/mol. The van der Waals surface area contributed by atoms with Crippen LogP contribution in [-0.4, -0.2) is 13.0 Å². The van der Waals surface area contributed by atoms with Crippen molar-refractivity contribution in [3.63, 3.8) is 0 Å². The quantitative estimate of drug-likeness (QED) is 0.905. The number of nitrogens with one attached hydrogen (secondary N) is 2. The topological polar surface area (TPSA) is 41.1 Å². The molecule has 3 nitrogen and oxygen atoms in total. The third kappa shape index (κ3) is 3.25. The fraction of sp³-hybridized carbons (Fsp3) is 0.188. The number of carbonyl (C=O) groups excluding carboxylic acids is 1. The summed E-state index contributed by atoms with van der Waals surface area (Å²) in [5, 5.41) is 5.62. The highest BCUT2D eigenvalue weighted by atomic mass is 19.1. The Labute approximate surface area is 122 Å². The van der Waals surface area contributed by atoms with Crippen LogP contribution in [0.5, 0.6) is 0 Å². The van der Waals surface area contributed by atoms with Crippen LogP contribution in [0.3, 0.4) is 0 Å². The molecule has 0 aromatic heterocycles. The van der Waals surface area contributed by atoms with Crippen LogP contribution in [0.1, 0.15) is 28.9 Å². The molecule has 0 fully saturated rings. The van der Waals surface area contributed by atoms with Crippen LogP contribution in [0.2, 0.25) is 0 Å². The SMILES string of the molecule is CNC(C)c1ccccc1NC(=O)c1c(F)cccc1F. The minimum atomic E-state index is -0.883. The number of amides is 1. The van der Waals surface area contributed by atoms with Gasteiger partial charge in [0.2, 0.25) is 0 Å². The number of benzene rings is 2. The predicted molar refractivity (Wildman–Crippen MR) is 78.2 cm³/mol. The minimum Gasteiger partial charge on any atom is -0.321 e. The molecule has 2 aromatic rings. The van der Waals surface area contributed by atoms with E-state index in [1.807, 2.05) is 19.1 Å². The normalized spacial score (nSPS) is 12.0. The molecule has 1 atom stereocenters. The smallest absolute Gasteiger partial charge is 0.261 e. The Morgan fingerprint density at radius 2 is 1.67 bits per heavy atom. The zero-order valence-electron chi connectivity index (χ0n) is 11.8. The third-order valence-electron chi connectivity index (χ3n) is 3.30. The standard InChI is InChI=1S/C16H16F2N2O/c1-10(19-2)11-6-3-4-9-14(11)20-16(21)15-12(17)7-5-8-13(15)18/h3-10,19H,1-2H3,(H,20,21). The predicted octanol–water partition coefficient (Wildman–Crippen LogP) is 3.50. The van der Waals surface area contributed by atoms with E-state index in [-0.39, 0.29) is 6.04 Å². The van der Waals surface area contributed by atoms with Gasteiger partial charge in [-0.15, -0.1) is 0 Å². The first kappa shape index (κ1) is 15.1. The van der Waals surface area contributed by atoms with Crippen molar-refractivity contribution in [3.05, 3.63) is 65.2 Å². The summed E-state index contributed by atoms with van der Waals surface area (Å²) in [6, 6.07) is 10.4. The molecule has 0 saturated carbocycles. The van der Waals surface area contributed by atoms with E-state index in [1.165, 1.54) is 6.07 Å². The van der Waals surface area contributed by atoms with Gasteiger partial charge in [0.1, 0.15) is 17.2 Å². The Morgan fingerprint density at radius 1 is 1.05 bits per heavy atom. The van der Waals surface area contributed by atoms with Gasteiger partial charge in [0.25, 0.3) is 5.91 Å². The molecule has 1 unspecified atom stereocenters. The van der Waals surface area contributed by atoms with Gasteiger partial charge in [-0.1, -0.05) is 24.3 Å². The van der Waals surface area contributed by atoms with Crippen molar-refractivity contribution in [3.8, 4) is 0 Å². The molecule has 2 rings (SSSR count). The molecule has 5 heteroatoms. The molecule has 0 spiro atoms. The second-order valence-corrected chi connectivity index (χ2v) is 4.65. The van der Waals surface area contributed by atoms with Gasteiger partial charge in [-0.05, 0) is 37.7 Å². The van der Waals surface area contributed by atoms with Crippen molar-refractivity contribution in [2.75, 3.05) is 12.4 Å². The summed E-state index contributed by atoms with van der Waals surface area (Å²) in [4.78, 5) is 12.1. The van der Waals surface area contributed by atoms with Crippen molar-refractivity contribution in [1.29, 1.82) is 0 Å². The van der Waals surface area contributed by atoms with Gasteiger partial charge >= 0.3 is 0 Å². The lowest BCUT2D eigenvalue weighted by Crippen LogP contribution is -2.19. The van der Waals surface area contributed by atoms with Crippen LogP contribution in [0.4, 0.5) is 14.5 Å². The Kier molecular flexibility index (Phi) is 4.65. The van der Waals surface area contributed by atoms with E-state index in [9.17, 15) is 13.6 Å². The molecule has 1 amide bonds. The van der Waals surface area contributed by atoms with Gasteiger partial charge < -0.3 is 10.6 Å². The lowest BCUT2D eigenvalue weighted by atomic mass is 10.1. The number of rotatable bonds is 4. The molecule has 0 saturated heterocycles. The molecule has 2 aromatic carbocycles. The highest BCUT2D eigenvalue weighted by Gasteiger charge is 2.18. The summed E-state index contributed by atoms with van der Waals surface area (Å²) in [6.45, 7) is 1.93. The van der Waals surface area contributed by atoms with E-state index in [0.29, 0.717) is 5.69 Å². The second kappa shape index (κ2) is 6.45. The molecule has 0 heterocycles. The summed E-state index contributed by atoms with van der Waals surface area (Å²) in [7, 11) is 1.79. The molecule has 21 heavy (non-hydrogen) atoms. The average Bonchev–Trinajstić information content (AvgIpc) is 2.47. The van der Waals surface area contributed by atoms with E-state index < -0.39 is 23.1 Å². The van der Waals surface area contributed by atoms with Gasteiger partial charge in [-0.2, -0.15) is 0 Å². The van der Waals surface area contributed by atoms with E-state index in [1.54, 1.807) is 19.2 Å². The molecule has 0 radical (unpaired) electrons. The van der Waals surface area contributed by atoms with Gasteiger partial charge in [-0.3, -0.25) is 4.79 Å². The maximum absolute atomic E-state index is 13.6. The number of anilines is 1. The maximum Gasteiger partial charge on any atom is 0.261 e. The molecule has 110 valence electrons. The first-order valence-electron chi connectivity index (χ1n) is 6.56. The first-order chi connectivity index (χ1) is 10.0. The van der Waals surface area contributed by atoms with Crippen molar-refractivity contribution in [2.45, 2.75) is 13.0 Å².